The van der Waals surface area contributed by atoms with Crippen molar-refractivity contribution in [3.63, 3.8) is 0 Å². The van der Waals surface area contributed by atoms with E-state index in [1.165, 1.54) is 38.8 Å². The zero-order valence-electron chi connectivity index (χ0n) is 14.5. The molecule has 0 bridgehead atoms. The number of thioether (sulfide) groups is 1. The normalized spacial score (nSPS) is 21.4. The number of likely N-dealkylation sites (tertiary alicyclic amines) is 1. The highest BCUT2D eigenvalue weighted by atomic mass is 127. The summed E-state index contributed by atoms with van der Waals surface area (Å²) in [5.41, 5.74) is 0. The van der Waals surface area contributed by atoms with E-state index >= 15 is 0 Å². The van der Waals surface area contributed by atoms with Crippen molar-refractivity contribution in [1.82, 2.24) is 15.5 Å². The number of aliphatic imine (C=N–C) groups is 1. The number of nitrogens with zero attached hydrogens (tertiary/aromatic N) is 2. The lowest BCUT2D eigenvalue weighted by atomic mass is 10.1. The summed E-state index contributed by atoms with van der Waals surface area (Å²) in [6.45, 7) is 10.9. The molecule has 2 N–H and O–H groups in total. The molecule has 6 heteroatoms. The molecule has 0 aromatic heterocycles. The van der Waals surface area contributed by atoms with Gasteiger partial charge in [-0.2, -0.15) is 11.8 Å². The predicted molar refractivity (Wildman–Crippen MR) is 110 cm³/mol. The molecule has 2 rings (SSSR count). The molecule has 2 fully saturated rings. The summed E-state index contributed by atoms with van der Waals surface area (Å²) in [6.07, 6.45) is 7.49. The molecule has 1 heterocycles. The fourth-order valence-electron chi connectivity index (χ4n) is 2.70. The summed E-state index contributed by atoms with van der Waals surface area (Å²) in [7, 11) is 0. The predicted octanol–water partition coefficient (Wildman–Crippen LogP) is 2.93. The van der Waals surface area contributed by atoms with Gasteiger partial charge in [-0.1, -0.05) is 0 Å². The summed E-state index contributed by atoms with van der Waals surface area (Å²) in [5, 5.41) is 7.03. The van der Waals surface area contributed by atoms with Gasteiger partial charge in [-0.15, -0.1) is 24.0 Å². The molecular formula is C16H33IN4S. The van der Waals surface area contributed by atoms with Crippen LogP contribution in [-0.2, 0) is 0 Å². The molecule has 1 saturated carbocycles. The van der Waals surface area contributed by atoms with Gasteiger partial charge in [-0.05, 0) is 52.7 Å². The van der Waals surface area contributed by atoms with Crippen molar-refractivity contribution < 1.29 is 0 Å². The molecule has 1 aliphatic heterocycles. The van der Waals surface area contributed by atoms with Gasteiger partial charge in [0.25, 0.3) is 0 Å². The van der Waals surface area contributed by atoms with Crippen molar-refractivity contribution in [2.45, 2.75) is 63.3 Å². The zero-order valence-corrected chi connectivity index (χ0v) is 17.7. The molecule has 22 heavy (non-hydrogen) atoms. The second kappa shape index (κ2) is 9.57. The average molecular weight is 440 g/mol. The molecule has 2 aliphatic rings. The van der Waals surface area contributed by atoms with Crippen LogP contribution in [-0.4, -0.2) is 60.1 Å². The molecule has 0 aromatic rings. The Morgan fingerprint density at radius 1 is 1.23 bits per heavy atom. The van der Waals surface area contributed by atoms with Crippen LogP contribution in [0.3, 0.4) is 0 Å². The van der Waals surface area contributed by atoms with Gasteiger partial charge < -0.3 is 15.5 Å². The summed E-state index contributed by atoms with van der Waals surface area (Å²) < 4.78 is 0.206. The minimum atomic E-state index is 0. The van der Waals surface area contributed by atoms with E-state index in [2.05, 4.69) is 42.6 Å². The molecule has 130 valence electrons. The topological polar surface area (TPSA) is 39.7 Å². The second-order valence-electron chi connectivity index (χ2n) is 6.84. The summed E-state index contributed by atoms with van der Waals surface area (Å²) >= 11 is 1.87. The average Bonchev–Trinajstić information content (AvgIpc) is 3.31. The Morgan fingerprint density at radius 2 is 1.86 bits per heavy atom. The Morgan fingerprint density at radius 3 is 2.36 bits per heavy atom. The summed E-state index contributed by atoms with van der Waals surface area (Å²) in [5.74, 6) is 0.990. The van der Waals surface area contributed by atoms with Crippen LogP contribution in [0.25, 0.3) is 0 Å². The molecule has 1 aliphatic carbocycles. The van der Waals surface area contributed by atoms with E-state index in [0.29, 0.717) is 6.04 Å². The largest absolute Gasteiger partial charge is 0.357 e. The number of guanidine groups is 1. The van der Waals surface area contributed by atoms with E-state index in [1.807, 2.05) is 11.8 Å². The van der Waals surface area contributed by atoms with Crippen LogP contribution in [0.1, 0.15) is 46.5 Å². The highest BCUT2D eigenvalue weighted by Gasteiger charge is 2.31. The SMILES string of the molecule is CCNC(=NCC(C)(C)SC)NC1CCN(C2CC2)CC1.I. The Kier molecular flexibility index (Phi) is 8.85. The first kappa shape index (κ1) is 20.4. The molecule has 0 amide bonds. The molecule has 0 unspecified atom stereocenters. The van der Waals surface area contributed by atoms with E-state index < -0.39 is 0 Å². The first-order valence-corrected chi connectivity index (χ1v) is 9.60. The first-order chi connectivity index (χ1) is 10.0. The molecule has 0 aromatic carbocycles. The lowest BCUT2D eigenvalue weighted by Crippen LogP contribution is -2.49. The Hall–Kier alpha value is 0.310. The highest BCUT2D eigenvalue weighted by molar-refractivity contribution is 14.0. The van der Waals surface area contributed by atoms with Crippen molar-refractivity contribution >= 4 is 41.7 Å². The third-order valence-electron chi connectivity index (χ3n) is 4.45. The van der Waals surface area contributed by atoms with E-state index in [4.69, 9.17) is 4.99 Å². The van der Waals surface area contributed by atoms with Gasteiger partial charge in [0.05, 0.1) is 6.54 Å². The number of rotatable bonds is 6. The fraction of sp³-hybridized carbons (Fsp3) is 0.938. The van der Waals surface area contributed by atoms with Crippen molar-refractivity contribution in [2.75, 3.05) is 32.4 Å². The van der Waals surface area contributed by atoms with Crippen molar-refractivity contribution in [1.29, 1.82) is 0 Å². The number of hydrogen-bond donors (Lipinski definition) is 2. The van der Waals surface area contributed by atoms with Gasteiger partial charge >= 0.3 is 0 Å². The van der Waals surface area contributed by atoms with Gasteiger partial charge in [0, 0.05) is 36.5 Å². The summed E-state index contributed by atoms with van der Waals surface area (Å²) in [4.78, 5) is 7.44. The van der Waals surface area contributed by atoms with E-state index in [9.17, 15) is 0 Å². The van der Waals surface area contributed by atoms with Crippen LogP contribution >= 0.6 is 35.7 Å². The van der Waals surface area contributed by atoms with E-state index in [1.54, 1.807) is 0 Å². The fourth-order valence-corrected chi connectivity index (χ4v) is 2.89. The molecule has 1 saturated heterocycles. The van der Waals surface area contributed by atoms with Gasteiger partial charge in [-0.25, -0.2) is 0 Å². The summed E-state index contributed by atoms with van der Waals surface area (Å²) in [6, 6.07) is 1.49. The van der Waals surface area contributed by atoms with E-state index in [-0.39, 0.29) is 28.7 Å². The smallest absolute Gasteiger partial charge is 0.191 e. The maximum absolute atomic E-state index is 4.78. The van der Waals surface area contributed by atoms with Gasteiger partial charge in [0.2, 0.25) is 0 Å². The Bertz CT molecular complexity index is 350. The van der Waals surface area contributed by atoms with Gasteiger partial charge in [-0.3, -0.25) is 4.99 Å². The first-order valence-electron chi connectivity index (χ1n) is 8.38. The van der Waals surface area contributed by atoms with Crippen LogP contribution in [0, 0.1) is 0 Å². The van der Waals surface area contributed by atoms with Crippen LogP contribution in [0.2, 0.25) is 0 Å². The molecule has 0 atom stereocenters. The third-order valence-corrected chi connectivity index (χ3v) is 5.68. The molecule has 0 spiro atoms. The van der Waals surface area contributed by atoms with Gasteiger partial charge in [0.15, 0.2) is 5.96 Å². The highest BCUT2D eigenvalue weighted by Crippen LogP contribution is 2.29. The van der Waals surface area contributed by atoms with Crippen LogP contribution < -0.4 is 10.6 Å². The Labute approximate surface area is 157 Å². The Balaban J connectivity index is 0.00000242. The van der Waals surface area contributed by atoms with Crippen molar-refractivity contribution in [3.05, 3.63) is 0 Å². The molecule has 0 radical (unpaired) electrons. The van der Waals surface area contributed by atoms with E-state index in [0.717, 1.165) is 25.1 Å². The quantitative estimate of drug-likeness (QED) is 0.379. The number of nitrogens with one attached hydrogen (secondary N) is 2. The minimum absolute atomic E-state index is 0. The number of hydrogen-bond acceptors (Lipinski definition) is 3. The van der Waals surface area contributed by atoms with Crippen LogP contribution in [0.4, 0.5) is 0 Å². The molecule has 4 nitrogen and oxygen atoms in total. The monoisotopic (exact) mass is 440 g/mol. The minimum Gasteiger partial charge on any atom is -0.357 e. The zero-order chi connectivity index (χ0) is 15.3. The lowest BCUT2D eigenvalue weighted by molar-refractivity contribution is 0.197. The number of halogens is 1. The number of piperidine rings is 1. The van der Waals surface area contributed by atoms with Crippen molar-refractivity contribution in [3.8, 4) is 0 Å². The maximum atomic E-state index is 4.78. The van der Waals surface area contributed by atoms with Crippen LogP contribution in [0.15, 0.2) is 4.99 Å². The maximum Gasteiger partial charge on any atom is 0.191 e. The lowest BCUT2D eigenvalue weighted by Gasteiger charge is -2.33. The second-order valence-corrected chi connectivity index (χ2v) is 8.36. The van der Waals surface area contributed by atoms with Crippen molar-refractivity contribution in [2.24, 2.45) is 4.99 Å². The molecular weight excluding hydrogens is 407 g/mol. The standard InChI is InChI=1S/C16H32N4S.HI/c1-5-17-15(18-12-16(2,3)21-4)19-13-8-10-20(11-9-13)14-6-7-14;/h13-14H,5-12H2,1-4H3,(H2,17,18,19);1H. The van der Waals surface area contributed by atoms with Crippen LogP contribution in [0.5, 0.6) is 0 Å². The van der Waals surface area contributed by atoms with Gasteiger partial charge in [0.1, 0.15) is 0 Å². The third kappa shape index (κ3) is 6.83.